The van der Waals surface area contributed by atoms with Crippen LogP contribution in [-0.4, -0.2) is 22.5 Å². The van der Waals surface area contributed by atoms with Crippen LogP contribution in [0, 0.1) is 0 Å². The van der Waals surface area contributed by atoms with Crippen molar-refractivity contribution in [3.63, 3.8) is 0 Å². The maximum absolute atomic E-state index is 12.5. The van der Waals surface area contributed by atoms with E-state index in [4.69, 9.17) is 4.42 Å². The summed E-state index contributed by atoms with van der Waals surface area (Å²) in [6.45, 7) is 0.420. The SMILES string of the molecule is O=C(Nc1cccc(O)c1)C1=Cc2c(-c3ccoc3)c[nH]c2NC1. The molecule has 3 heterocycles. The highest BCUT2D eigenvalue weighted by molar-refractivity contribution is 6.09. The molecule has 1 aromatic carbocycles. The Bertz CT molecular complexity index is 923. The van der Waals surface area contributed by atoms with Gasteiger partial charge < -0.3 is 25.1 Å². The fourth-order valence-corrected chi connectivity index (χ4v) is 2.74. The lowest BCUT2D eigenvalue weighted by molar-refractivity contribution is -0.112. The number of benzene rings is 1. The van der Waals surface area contributed by atoms with Gasteiger partial charge in [0.15, 0.2) is 0 Å². The smallest absolute Gasteiger partial charge is 0.253 e. The monoisotopic (exact) mass is 321 g/mol. The number of anilines is 2. The van der Waals surface area contributed by atoms with Crippen molar-refractivity contribution in [2.24, 2.45) is 0 Å². The van der Waals surface area contributed by atoms with Gasteiger partial charge in [0, 0.05) is 46.8 Å². The standard InChI is InChI=1S/C18H15N3O3/c22-14-3-1-2-13(7-14)21-18(23)12-6-15-16(11-4-5-24-10-11)9-20-17(15)19-8-12/h1-7,9-10,19-20,22H,8H2,(H,21,23). The van der Waals surface area contributed by atoms with Crippen molar-refractivity contribution in [2.75, 3.05) is 17.2 Å². The lowest BCUT2D eigenvalue weighted by Gasteiger charge is -2.16. The molecule has 0 saturated heterocycles. The summed E-state index contributed by atoms with van der Waals surface area (Å²) >= 11 is 0. The molecule has 6 heteroatoms. The van der Waals surface area contributed by atoms with E-state index < -0.39 is 0 Å². The van der Waals surface area contributed by atoms with Gasteiger partial charge in [0.1, 0.15) is 11.6 Å². The summed E-state index contributed by atoms with van der Waals surface area (Å²) in [4.78, 5) is 15.6. The Morgan fingerprint density at radius 1 is 1.29 bits per heavy atom. The lowest BCUT2D eigenvalue weighted by atomic mass is 10.0. The summed E-state index contributed by atoms with van der Waals surface area (Å²) in [5.74, 6) is 0.775. The molecule has 0 saturated carbocycles. The van der Waals surface area contributed by atoms with Gasteiger partial charge in [-0.2, -0.15) is 0 Å². The number of hydrogen-bond acceptors (Lipinski definition) is 4. The molecule has 1 aliphatic rings. The summed E-state index contributed by atoms with van der Waals surface area (Å²) in [6, 6.07) is 8.35. The van der Waals surface area contributed by atoms with E-state index in [1.807, 2.05) is 18.3 Å². The van der Waals surface area contributed by atoms with Crippen LogP contribution in [0.5, 0.6) is 5.75 Å². The van der Waals surface area contributed by atoms with Crippen molar-refractivity contribution >= 4 is 23.5 Å². The summed E-state index contributed by atoms with van der Waals surface area (Å²) in [5, 5.41) is 15.5. The van der Waals surface area contributed by atoms with Crippen molar-refractivity contribution in [3.8, 4) is 16.9 Å². The third kappa shape index (κ3) is 2.54. The number of hydrogen-bond donors (Lipinski definition) is 4. The van der Waals surface area contributed by atoms with Gasteiger partial charge in [-0.3, -0.25) is 4.79 Å². The fraction of sp³-hybridized carbons (Fsp3) is 0.0556. The van der Waals surface area contributed by atoms with Crippen LogP contribution in [0.15, 0.2) is 59.0 Å². The number of aromatic hydroxyl groups is 1. The van der Waals surface area contributed by atoms with E-state index >= 15 is 0 Å². The highest BCUT2D eigenvalue weighted by Crippen LogP contribution is 2.34. The molecule has 120 valence electrons. The van der Waals surface area contributed by atoms with Crippen LogP contribution in [-0.2, 0) is 4.79 Å². The Morgan fingerprint density at radius 3 is 3.00 bits per heavy atom. The molecule has 4 N–H and O–H groups in total. The molecule has 1 amide bonds. The normalized spacial score (nSPS) is 12.9. The second kappa shape index (κ2) is 5.66. The van der Waals surface area contributed by atoms with E-state index in [1.165, 1.54) is 6.07 Å². The minimum absolute atomic E-state index is 0.110. The Hall–Kier alpha value is -3.41. The van der Waals surface area contributed by atoms with E-state index in [2.05, 4.69) is 15.6 Å². The zero-order valence-electron chi connectivity index (χ0n) is 12.7. The van der Waals surface area contributed by atoms with Gasteiger partial charge in [-0.15, -0.1) is 0 Å². The van der Waals surface area contributed by atoms with Crippen LogP contribution in [0.3, 0.4) is 0 Å². The van der Waals surface area contributed by atoms with Gasteiger partial charge in [0.25, 0.3) is 5.91 Å². The lowest BCUT2D eigenvalue weighted by Crippen LogP contribution is -2.22. The van der Waals surface area contributed by atoms with Gasteiger partial charge in [-0.25, -0.2) is 0 Å². The molecule has 0 radical (unpaired) electrons. The largest absolute Gasteiger partial charge is 0.508 e. The van der Waals surface area contributed by atoms with Crippen molar-refractivity contribution in [2.45, 2.75) is 0 Å². The summed E-state index contributed by atoms with van der Waals surface area (Å²) in [5.41, 5.74) is 3.99. The molecule has 0 aliphatic carbocycles. The maximum atomic E-state index is 12.5. The average molecular weight is 321 g/mol. The third-order valence-corrected chi connectivity index (χ3v) is 3.92. The number of H-pyrrole nitrogens is 1. The average Bonchev–Trinajstić information content (AvgIpc) is 3.23. The van der Waals surface area contributed by atoms with E-state index in [-0.39, 0.29) is 11.7 Å². The van der Waals surface area contributed by atoms with Gasteiger partial charge in [-0.1, -0.05) is 6.07 Å². The van der Waals surface area contributed by atoms with Crippen molar-refractivity contribution in [1.82, 2.24) is 4.98 Å². The van der Waals surface area contributed by atoms with E-state index in [1.54, 1.807) is 30.7 Å². The minimum atomic E-state index is -0.210. The number of phenolic OH excluding ortho intramolecular Hbond substituents is 1. The topological polar surface area (TPSA) is 90.3 Å². The van der Waals surface area contributed by atoms with Gasteiger partial charge in [-0.05, 0) is 24.3 Å². The Kier molecular flexibility index (Phi) is 3.35. The maximum Gasteiger partial charge on any atom is 0.253 e. The van der Waals surface area contributed by atoms with Crippen LogP contribution >= 0.6 is 0 Å². The molecule has 0 spiro atoms. The molecule has 24 heavy (non-hydrogen) atoms. The molecule has 1 aliphatic heterocycles. The zero-order valence-corrected chi connectivity index (χ0v) is 12.7. The van der Waals surface area contributed by atoms with Crippen LogP contribution in [0.2, 0.25) is 0 Å². The molecule has 0 atom stereocenters. The third-order valence-electron chi connectivity index (χ3n) is 3.92. The van der Waals surface area contributed by atoms with Crippen molar-refractivity contribution < 1.29 is 14.3 Å². The van der Waals surface area contributed by atoms with Crippen LogP contribution in [0.25, 0.3) is 17.2 Å². The number of phenols is 1. The second-order valence-electron chi connectivity index (χ2n) is 5.53. The quantitative estimate of drug-likeness (QED) is 0.595. The molecule has 6 nitrogen and oxygen atoms in total. The minimum Gasteiger partial charge on any atom is -0.508 e. The second-order valence-corrected chi connectivity index (χ2v) is 5.53. The number of fused-ring (bicyclic) bond motifs is 1. The number of carbonyl (C=O) groups is 1. The Labute approximate surface area is 137 Å². The first kappa shape index (κ1) is 14.2. The number of amides is 1. The predicted octanol–water partition coefficient (Wildman–Crippen LogP) is 3.43. The first-order valence-corrected chi connectivity index (χ1v) is 7.49. The summed E-state index contributed by atoms with van der Waals surface area (Å²) < 4.78 is 5.14. The fourth-order valence-electron chi connectivity index (χ4n) is 2.74. The van der Waals surface area contributed by atoms with Gasteiger partial charge in [0.2, 0.25) is 0 Å². The van der Waals surface area contributed by atoms with Crippen molar-refractivity contribution in [1.29, 1.82) is 0 Å². The number of aromatic nitrogens is 1. The number of furan rings is 1. The van der Waals surface area contributed by atoms with E-state index in [0.29, 0.717) is 17.8 Å². The number of aromatic amines is 1. The van der Waals surface area contributed by atoms with Crippen LogP contribution < -0.4 is 10.6 Å². The molecular weight excluding hydrogens is 306 g/mol. The van der Waals surface area contributed by atoms with Crippen molar-refractivity contribution in [3.05, 3.63) is 60.2 Å². The van der Waals surface area contributed by atoms with Gasteiger partial charge >= 0.3 is 0 Å². The number of nitrogens with one attached hydrogen (secondary N) is 3. The molecule has 4 rings (SSSR count). The van der Waals surface area contributed by atoms with E-state index in [9.17, 15) is 9.90 Å². The first-order valence-electron chi connectivity index (χ1n) is 7.49. The predicted molar refractivity (Wildman–Crippen MR) is 91.7 cm³/mol. The summed E-state index contributed by atoms with van der Waals surface area (Å²) in [7, 11) is 0. The Morgan fingerprint density at radius 2 is 2.21 bits per heavy atom. The highest BCUT2D eigenvalue weighted by Gasteiger charge is 2.20. The number of carbonyl (C=O) groups excluding carboxylic acids is 1. The van der Waals surface area contributed by atoms with E-state index in [0.717, 1.165) is 22.5 Å². The summed E-state index contributed by atoms with van der Waals surface area (Å²) in [6.07, 6.45) is 7.03. The highest BCUT2D eigenvalue weighted by atomic mass is 16.3. The molecule has 0 fully saturated rings. The molecule has 3 aromatic rings. The Balaban J connectivity index is 1.62. The first-order chi connectivity index (χ1) is 11.7. The molecule has 0 bridgehead atoms. The molecular formula is C18H15N3O3. The zero-order chi connectivity index (χ0) is 16.5. The molecule has 0 unspecified atom stereocenters. The van der Waals surface area contributed by atoms with Crippen LogP contribution in [0.1, 0.15) is 5.56 Å². The molecule has 2 aromatic heterocycles. The van der Waals surface area contributed by atoms with Gasteiger partial charge in [0.05, 0.1) is 12.5 Å². The number of rotatable bonds is 3. The van der Waals surface area contributed by atoms with Crippen LogP contribution in [0.4, 0.5) is 11.5 Å².